The van der Waals surface area contributed by atoms with Crippen molar-refractivity contribution in [1.82, 2.24) is 0 Å². The molecule has 0 radical (unpaired) electrons. The summed E-state index contributed by atoms with van der Waals surface area (Å²) in [6, 6.07) is 0. The number of halogens is 1. The molecule has 0 spiro atoms. The zero-order valence-electron chi connectivity index (χ0n) is 12.2. The zero-order chi connectivity index (χ0) is 11.8. The van der Waals surface area contributed by atoms with Crippen molar-refractivity contribution in [2.75, 3.05) is 31.8 Å². The van der Waals surface area contributed by atoms with Crippen LogP contribution in [-0.2, 0) is 0 Å². The Kier molecular flexibility index (Phi) is 10.4. The summed E-state index contributed by atoms with van der Waals surface area (Å²) in [4.78, 5) is 0. The van der Waals surface area contributed by atoms with Gasteiger partial charge >= 0.3 is 97.7 Å². The fourth-order valence-electron chi connectivity index (χ4n) is 2.43. The van der Waals surface area contributed by atoms with Gasteiger partial charge in [-0.25, -0.2) is 0 Å². The Labute approximate surface area is 110 Å². The second-order valence-corrected chi connectivity index (χ2v) is 13.6. The van der Waals surface area contributed by atoms with Crippen LogP contribution in [0.1, 0.15) is 59.3 Å². The van der Waals surface area contributed by atoms with Crippen LogP contribution in [0.15, 0.2) is 0 Å². The van der Waals surface area contributed by atoms with Crippen LogP contribution in [0.25, 0.3) is 0 Å². The van der Waals surface area contributed by atoms with E-state index in [2.05, 4.69) is 34.1 Å². The van der Waals surface area contributed by atoms with Crippen LogP contribution in [0, 0.1) is 0 Å². The first kappa shape index (κ1) is 19.1. The molecular formula is C14H34ClP. The molecule has 0 saturated carbocycles. The van der Waals surface area contributed by atoms with E-state index >= 15 is 0 Å². The third kappa shape index (κ3) is 7.91. The predicted molar refractivity (Wildman–Crippen MR) is 85.3 cm³/mol. The van der Waals surface area contributed by atoms with Crippen LogP contribution >= 0.6 is 19.0 Å². The van der Waals surface area contributed by atoms with Gasteiger partial charge in [0, 0.05) is 0 Å². The third-order valence-electron chi connectivity index (χ3n) is 3.83. The molecule has 0 N–H and O–H groups in total. The average molecular weight is 269 g/mol. The average Bonchev–Trinajstić information content (AvgIpc) is 2.22. The standard InChI is InChI=1S/C14H33P.ClH/c1-6-9-12-15(4,5,13-10-7-2)14-11-8-3;/h6-14H2,1-5H3;1H. The van der Waals surface area contributed by atoms with Crippen molar-refractivity contribution in [3.05, 3.63) is 0 Å². The van der Waals surface area contributed by atoms with Crippen LogP contribution in [0.4, 0.5) is 0 Å². The van der Waals surface area contributed by atoms with Crippen molar-refractivity contribution in [3.63, 3.8) is 0 Å². The van der Waals surface area contributed by atoms with Crippen LogP contribution in [0.5, 0.6) is 0 Å². The number of unbranched alkanes of at least 4 members (excludes halogenated alkanes) is 3. The van der Waals surface area contributed by atoms with Crippen LogP contribution in [0.3, 0.4) is 0 Å². The van der Waals surface area contributed by atoms with Crippen molar-refractivity contribution in [3.8, 4) is 0 Å². The Balaban J connectivity index is 0. The van der Waals surface area contributed by atoms with Crippen molar-refractivity contribution < 1.29 is 0 Å². The van der Waals surface area contributed by atoms with Crippen molar-refractivity contribution in [2.45, 2.75) is 59.3 Å². The Morgan fingerprint density at radius 2 is 0.875 bits per heavy atom. The molecule has 0 fully saturated rings. The first-order valence-corrected chi connectivity index (χ1v) is 10.7. The largest absolute Gasteiger partial charge is 0.147 e. The molecule has 102 valence electrons. The molecule has 0 aliphatic heterocycles. The fraction of sp³-hybridized carbons (Fsp3) is 1.00. The number of hydrogen-bond acceptors (Lipinski definition) is 0. The van der Waals surface area contributed by atoms with Gasteiger partial charge in [-0.3, -0.25) is 0 Å². The molecule has 0 saturated heterocycles. The molecule has 0 unspecified atom stereocenters. The third-order valence-corrected chi connectivity index (χ3v) is 9.35. The van der Waals surface area contributed by atoms with Gasteiger partial charge in [0.25, 0.3) is 0 Å². The molecule has 0 aromatic rings. The Morgan fingerprint density at radius 3 is 1.06 bits per heavy atom. The summed E-state index contributed by atoms with van der Waals surface area (Å²) < 4.78 is 0. The van der Waals surface area contributed by atoms with Crippen molar-refractivity contribution >= 4 is 19.0 Å². The second kappa shape index (κ2) is 8.76. The monoisotopic (exact) mass is 268 g/mol. The van der Waals surface area contributed by atoms with Crippen LogP contribution in [-0.4, -0.2) is 31.8 Å². The van der Waals surface area contributed by atoms with Gasteiger partial charge < -0.3 is 0 Å². The summed E-state index contributed by atoms with van der Waals surface area (Å²) in [5.41, 5.74) is 0. The van der Waals surface area contributed by atoms with E-state index in [1.165, 1.54) is 38.5 Å². The maximum absolute atomic E-state index is 2.66. The van der Waals surface area contributed by atoms with Crippen LogP contribution in [0.2, 0.25) is 0 Å². The van der Waals surface area contributed by atoms with E-state index in [9.17, 15) is 0 Å². The first-order chi connectivity index (χ1) is 6.96. The first-order valence-electron chi connectivity index (χ1n) is 6.96. The molecule has 2 heteroatoms. The van der Waals surface area contributed by atoms with E-state index in [0.717, 1.165) is 0 Å². The summed E-state index contributed by atoms with van der Waals surface area (Å²) in [6.45, 7) is 11.0. The van der Waals surface area contributed by atoms with E-state index in [0.29, 0.717) is 0 Å². The normalized spacial score (nSPS) is 13.9. The number of hydrogen-bond donors (Lipinski definition) is 0. The summed E-state index contributed by atoms with van der Waals surface area (Å²) in [5.74, 6) is 0. The molecule has 0 aliphatic rings. The maximum Gasteiger partial charge on any atom is -0.147 e. The molecule has 16 heavy (non-hydrogen) atoms. The summed E-state index contributed by atoms with van der Waals surface area (Å²) in [6.07, 6.45) is 13.1. The molecule has 0 bridgehead atoms. The van der Waals surface area contributed by atoms with Gasteiger partial charge in [0.15, 0.2) is 0 Å². The molecule has 0 rings (SSSR count). The Morgan fingerprint density at radius 1 is 0.625 bits per heavy atom. The van der Waals surface area contributed by atoms with Crippen molar-refractivity contribution in [1.29, 1.82) is 0 Å². The van der Waals surface area contributed by atoms with E-state index in [4.69, 9.17) is 0 Å². The Bertz CT molecular complexity index is 138. The molecule has 0 atom stereocenters. The van der Waals surface area contributed by atoms with Gasteiger partial charge in [0.1, 0.15) is 0 Å². The SMILES string of the molecule is CCCCP(C)(C)(CCCC)CCCC.Cl. The van der Waals surface area contributed by atoms with E-state index in [-0.39, 0.29) is 12.4 Å². The second-order valence-electron chi connectivity index (χ2n) is 6.25. The minimum Gasteiger partial charge on any atom is -0.147 e. The molecule has 0 amide bonds. The summed E-state index contributed by atoms with van der Waals surface area (Å²) in [5, 5.41) is 0. The molecule has 0 aliphatic carbocycles. The molecule has 0 aromatic carbocycles. The van der Waals surface area contributed by atoms with Gasteiger partial charge in [-0.05, 0) is 0 Å². The predicted octanol–water partition coefficient (Wildman–Crippen LogP) is 5.62. The van der Waals surface area contributed by atoms with Gasteiger partial charge in [0.05, 0.1) is 0 Å². The summed E-state index contributed by atoms with van der Waals surface area (Å²) in [7, 11) is 0. The van der Waals surface area contributed by atoms with E-state index < -0.39 is 6.60 Å². The topological polar surface area (TPSA) is 0 Å². The van der Waals surface area contributed by atoms with Gasteiger partial charge in [-0.1, -0.05) is 0 Å². The van der Waals surface area contributed by atoms with Crippen molar-refractivity contribution in [2.24, 2.45) is 0 Å². The Hall–Kier alpha value is 0.720. The fourth-order valence-corrected chi connectivity index (χ4v) is 7.29. The minimum atomic E-state index is -1.28. The quantitative estimate of drug-likeness (QED) is 0.476. The minimum absolute atomic E-state index is 0. The smallest absolute Gasteiger partial charge is 0.147 e. The van der Waals surface area contributed by atoms with Gasteiger partial charge in [-0.15, -0.1) is 12.4 Å². The van der Waals surface area contributed by atoms with Gasteiger partial charge in [0.2, 0.25) is 0 Å². The molecular weight excluding hydrogens is 235 g/mol. The van der Waals surface area contributed by atoms with Crippen LogP contribution < -0.4 is 0 Å². The maximum atomic E-state index is 2.66. The zero-order valence-corrected chi connectivity index (χ0v) is 13.9. The molecule has 0 heterocycles. The molecule has 0 aromatic heterocycles. The number of rotatable bonds is 9. The summed E-state index contributed by atoms with van der Waals surface area (Å²) >= 11 is 0. The van der Waals surface area contributed by atoms with E-state index in [1.807, 2.05) is 0 Å². The molecule has 0 nitrogen and oxygen atoms in total. The van der Waals surface area contributed by atoms with E-state index in [1.54, 1.807) is 18.5 Å². The van der Waals surface area contributed by atoms with Gasteiger partial charge in [-0.2, -0.15) is 0 Å².